The Bertz CT molecular complexity index is 616. The minimum Gasteiger partial charge on any atom is -0.289 e. The summed E-state index contributed by atoms with van der Waals surface area (Å²) in [6, 6.07) is 9.74. The summed E-state index contributed by atoms with van der Waals surface area (Å²) in [5, 5.41) is 0. The minimum absolute atomic E-state index is 0.164. The molecule has 0 bridgehead atoms. The molecule has 0 spiro atoms. The first kappa shape index (κ1) is 13.0. The van der Waals surface area contributed by atoms with E-state index in [1.807, 2.05) is 19.1 Å². The van der Waals surface area contributed by atoms with Gasteiger partial charge in [0, 0.05) is 15.6 Å². The number of carbonyl (C=O) groups is 1. The predicted octanol–water partition coefficient (Wildman–Crippen LogP) is 4.44. The molecule has 92 valence electrons. The summed E-state index contributed by atoms with van der Waals surface area (Å²) < 4.78 is 14.0. The number of hydrogen-bond acceptors (Lipinski definition) is 1. The molecule has 0 aliphatic rings. The largest absolute Gasteiger partial charge is 0.289 e. The minimum atomic E-state index is -0.396. The lowest BCUT2D eigenvalue weighted by atomic mass is 9.98. The van der Waals surface area contributed by atoms with E-state index in [0.29, 0.717) is 11.1 Å². The molecule has 18 heavy (non-hydrogen) atoms. The number of aryl methyl sites for hydroxylation is 2. The number of benzene rings is 2. The fourth-order valence-electron chi connectivity index (χ4n) is 1.81. The van der Waals surface area contributed by atoms with Crippen molar-refractivity contribution in [3.05, 3.63) is 68.9 Å². The summed E-state index contributed by atoms with van der Waals surface area (Å²) in [5.74, 6) is -0.560. The van der Waals surface area contributed by atoms with Gasteiger partial charge in [0.1, 0.15) is 5.82 Å². The Morgan fingerprint density at radius 3 is 2.50 bits per heavy atom. The number of ketones is 1. The van der Waals surface area contributed by atoms with Crippen molar-refractivity contribution in [2.75, 3.05) is 0 Å². The fourth-order valence-corrected chi connectivity index (χ4v) is 2.25. The summed E-state index contributed by atoms with van der Waals surface area (Å²) in [4.78, 5) is 12.4. The molecule has 1 nitrogen and oxygen atoms in total. The Kier molecular flexibility index (Phi) is 3.62. The summed E-state index contributed by atoms with van der Waals surface area (Å²) in [5.41, 5.74) is 2.72. The van der Waals surface area contributed by atoms with Gasteiger partial charge in [-0.1, -0.05) is 18.2 Å². The van der Waals surface area contributed by atoms with Crippen molar-refractivity contribution in [3.63, 3.8) is 0 Å². The topological polar surface area (TPSA) is 17.1 Å². The van der Waals surface area contributed by atoms with Gasteiger partial charge >= 0.3 is 0 Å². The van der Waals surface area contributed by atoms with E-state index in [1.165, 1.54) is 12.1 Å². The van der Waals surface area contributed by atoms with Gasteiger partial charge in [0.15, 0.2) is 5.78 Å². The summed E-state index contributed by atoms with van der Waals surface area (Å²) in [7, 11) is 0. The second kappa shape index (κ2) is 5.02. The Labute approximate surface area is 114 Å². The van der Waals surface area contributed by atoms with Crippen molar-refractivity contribution in [1.82, 2.24) is 0 Å². The van der Waals surface area contributed by atoms with Crippen molar-refractivity contribution < 1.29 is 9.18 Å². The van der Waals surface area contributed by atoms with E-state index < -0.39 is 5.82 Å². The molecule has 0 N–H and O–H groups in total. The molecule has 2 aromatic carbocycles. The first-order valence-corrected chi connectivity index (χ1v) is 6.36. The van der Waals surface area contributed by atoms with Crippen LogP contribution in [0.2, 0.25) is 0 Å². The molecule has 0 aliphatic heterocycles. The molecule has 2 aromatic rings. The molecule has 0 saturated heterocycles. The average molecular weight is 307 g/mol. The van der Waals surface area contributed by atoms with Gasteiger partial charge in [-0.2, -0.15) is 0 Å². The second-order valence-corrected chi connectivity index (χ2v) is 5.02. The van der Waals surface area contributed by atoms with Gasteiger partial charge in [0.25, 0.3) is 0 Å². The normalized spacial score (nSPS) is 10.4. The molecule has 0 saturated carbocycles. The molecular formula is C15H12BrFO. The standard InChI is InChI=1S/C15H12BrFO/c1-9-6-7-11(17)8-13(9)15(18)12-5-3-4-10(2)14(12)16/h3-8H,1-2H3. The molecule has 0 aromatic heterocycles. The lowest BCUT2D eigenvalue weighted by Crippen LogP contribution is -2.05. The van der Waals surface area contributed by atoms with Crippen LogP contribution in [0.4, 0.5) is 4.39 Å². The third-order valence-corrected chi connectivity index (χ3v) is 3.93. The van der Waals surface area contributed by atoms with Crippen LogP contribution in [0.3, 0.4) is 0 Å². The zero-order valence-electron chi connectivity index (χ0n) is 10.1. The number of carbonyl (C=O) groups excluding carboxylic acids is 1. The molecule has 0 heterocycles. The molecule has 0 atom stereocenters. The van der Waals surface area contributed by atoms with Crippen molar-refractivity contribution in [3.8, 4) is 0 Å². The number of halogens is 2. The van der Waals surface area contributed by atoms with E-state index in [1.54, 1.807) is 19.1 Å². The Morgan fingerprint density at radius 2 is 1.78 bits per heavy atom. The predicted molar refractivity (Wildman–Crippen MR) is 73.4 cm³/mol. The zero-order valence-corrected chi connectivity index (χ0v) is 11.7. The van der Waals surface area contributed by atoms with E-state index in [-0.39, 0.29) is 5.78 Å². The highest BCUT2D eigenvalue weighted by atomic mass is 79.9. The third-order valence-electron chi connectivity index (χ3n) is 2.88. The summed E-state index contributed by atoms with van der Waals surface area (Å²) in [6.07, 6.45) is 0. The van der Waals surface area contributed by atoms with Crippen LogP contribution < -0.4 is 0 Å². The van der Waals surface area contributed by atoms with Gasteiger partial charge < -0.3 is 0 Å². The molecule has 0 aliphatic carbocycles. The van der Waals surface area contributed by atoms with Crippen LogP contribution in [0.25, 0.3) is 0 Å². The maximum atomic E-state index is 13.2. The molecule has 3 heteroatoms. The van der Waals surface area contributed by atoms with Crippen LogP contribution in [-0.2, 0) is 0 Å². The highest BCUT2D eigenvalue weighted by Crippen LogP contribution is 2.25. The zero-order chi connectivity index (χ0) is 13.3. The van der Waals surface area contributed by atoms with Crippen molar-refractivity contribution in [2.24, 2.45) is 0 Å². The SMILES string of the molecule is Cc1ccc(F)cc1C(=O)c1cccc(C)c1Br. The first-order valence-electron chi connectivity index (χ1n) is 5.56. The third kappa shape index (κ3) is 2.36. The van der Waals surface area contributed by atoms with E-state index in [2.05, 4.69) is 15.9 Å². The summed E-state index contributed by atoms with van der Waals surface area (Å²) >= 11 is 3.41. The molecule has 0 unspecified atom stereocenters. The quantitative estimate of drug-likeness (QED) is 0.750. The molecular weight excluding hydrogens is 295 g/mol. The molecule has 2 rings (SSSR count). The van der Waals surface area contributed by atoms with Gasteiger partial charge in [0.05, 0.1) is 0 Å². The summed E-state index contributed by atoms with van der Waals surface area (Å²) in [6.45, 7) is 3.72. The maximum absolute atomic E-state index is 13.2. The van der Waals surface area contributed by atoms with E-state index in [0.717, 1.165) is 15.6 Å². The van der Waals surface area contributed by atoms with Gasteiger partial charge in [0.2, 0.25) is 0 Å². The van der Waals surface area contributed by atoms with Crippen LogP contribution in [0, 0.1) is 19.7 Å². The van der Waals surface area contributed by atoms with E-state index >= 15 is 0 Å². The highest BCUT2D eigenvalue weighted by molar-refractivity contribution is 9.10. The number of rotatable bonds is 2. The Morgan fingerprint density at radius 1 is 1.06 bits per heavy atom. The van der Waals surface area contributed by atoms with Crippen molar-refractivity contribution in [2.45, 2.75) is 13.8 Å². The Hall–Kier alpha value is -1.48. The molecule has 0 fully saturated rings. The maximum Gasteiger partial charge on any atom is 0.194 e. The lowest BCUT2D eigenvalue weighted by Gasteiger charge is -2.08. The van der Waals surface area contributed by atoms with Gasteiger partial charge in [-0.25, -0.2) is 4.39 Å². The number of hydrogen-bond donors (Lipinski definition) is 0. The van der Waals surface area contributed by atoms with Crippen LogP contribution in [-0.4, -0.2) is 5.78 Å². The Balaban J connectivity index is 2.55. The van der Waals surface area contributed by atoms with Crippen LogP contribution >= 0.6 is 15.9 Å². The van der Waals surface area contributed by atoms with Gasteiger partial charge in [-0.15, -0.1) is 0 Å². The van der Waals surface area contributed by atoms with Gasteiger partial charge in [-0.3, -0.25) is 4.79 Å². The van der Waals surface area contributed by atoms with Crippen LogP contribution in [0.5, 0.6) is 0 Å². The first-order chi connectivity index (χ1) is 8.50. The van der Waals surface area contributed by atoms with Crippen molar-refractivity contribution >= 4 is 21.7 Å². The lowest BCUT2D eigenvalue weighted by molar-refractivity contribution is 0.103. The molecule has 0 amide bonds. The fraction of sp³-hybridized carbons (Fsp3) is 0.133. The average Bonchev–Trinajstić information content (AvgIpc) is 2.35. The highest BCUT2D eigenvalue weighted by Gasteiger charge is 2.16. The van der Waals surface area contributed by atoms with Crippen molar-refractivity contribution in [1.29, 1.82) is 0 Å². The van der Waals surface area contributed by atoms with Crippen LogP contribution in [0.15, 0.2) is 40.9 Å². The van der Waals surface area contributed by atoms with E-state index in [4.69, 9.17) is 0 Å². The van der Waals surface area contributed by atoms with Crippen LogP contribution in [0.1, 0.15) is 27.0 Å². The monoisotopic (exact) mass is 306 g/mol. The molecule has 0 radical (unpaired) electrons. The van der Waals surface area contributed by atoms with E-state index in [9.17, 15) is 9.18 Å². The second-order valence-electron chi connectivity index (χ2n) is 4.22. The smallest absolute Gasteiger partial charge is 0.194 e. The van der Waals surface area contributed by atoms with Gasteiger partial charge in [-0.05, 0) is 59.1 Å².